The maximum atomic E-state index is 6.24. The van der Waals surface area contributed by atoms with Crippen LogP contribution in [0.3, 0.4) is 0 Å². The molecule has 17 heavy (non-hydrogen) atoms. The summed E-state index contributed by atoms with van der Waals surface area (Å²) in [5.74, 6) is 0. The van der Waals surface area contributed by atoms with Gasteiger partial charge in [0.05, 0.1) is 0 Å². The first-order valence-corrected chi connectivity index (χ1v) is 6.33. The van der Waals surface area contributed by atoms with E-state index in [-0.39, 0.29) is 11.5 Å². The highest BCUT2D eigenvalue weighted by Crippen LogP contribution is 2.24. The molecular formula is C15H26N2. The largest absolute Gasteiger partial charge is 0.323 e. The molecule has 0 heterocycles. The Hall–Kier alpha value is -0.860. The molecule has 0 spiro atoms. The molecule has 2 unspecified atom stereocenters. The van der Waals surface area contributed by atoms with Gasteiger partial charge in [0.2, 0.25) is 0 Å². The van der Waals surface area contributed by atoms with Crippen molar-refractivity contribution in [3.05, 3.63) is 35.9 Å². The lowest BCUT2D eigenvalue weighted by Gasteiger charge is -2.36. The van der Waals surface area contributed by atoms with Gasteiger partial charge < -0.3 is 10.6 Å². The second kappa shape index (κ2) is 5.65. The van der Waals surface area contributed by atoms with Crippen molar-refractivity contribution in [2.75, 3.05) is 13.6 Å². The number of rotatable bonds is 4. The minimum absolute atomic E-state index is 0.0889. The Morgan fingerprint density at radius 1 is 1.18 bits per heavy atom. The van der Waals surface area contributed by atoms with Crippen LogP contribution in [0.25, 0.3) is 0 Å². The minimum atomic E-state index is 0.0889. The number of hydrogen-bond acceptors (Lipinski definition) is 2. The molecule has 0 aliphatic carbocycles. The van der Waals surface area contributed by atoms with E-state index in [0.717, 1.165) is 6.54 Å². The van der Waals surface area contributed by atoms with E-state index in [9.17, 15) is 0 Å². The zero-order chi connectivity index (χ0) is 13.1. The lowest BCUT2D eigenvalue weighted by Crippen LogP contribution is -2.42. The normalized spacial score (nSPS) is 15.9. The molecule has 0 fully saturated rings. The van der Waals surface area contributed by atoms with Crippen LogP contribution in [0.2, 0.25) is 0 Å². The molecule has 0 aromatic heterocycles. The van der Waals surface area contributed by atoms with Crippen molar-refractivity contribution in [1.29, 1.82) is 0 Å². The van der Waals surface area contributed by atoms with Crippen LogP contribution in [0.5, 0.6) is 0 Å². The summed E-state index contributed by atoms with van der Waals surface area (Å²) in [6.45, 7) is 9.95. The molecule has 0 saturated carbocycles. The fraction of sp³-hybridized carbons (Fsp3) is 0.600. The van der Waals surface area contributed by atoms with Gasteiger partial charge in [0.25, 0.3) is 0 Å². The third kappa shape index (κ3) is 4.14. The second-order valence-electron chi connectivity index (χ2n) is 6.00. The highest BCUT2D eigenvalue weighted by Gasteiger charge is 2.24. The van der Waals surface area contributed by atoms with Crippen molar-refractivity contribution in [2.24, 2.45) is 11.1 Å². The average Bonchev–Trinajstić information content (AvgIpc) is 2.27. The average molecular weight is 234 g/mol. The van der Waals surface area contributed by atoms with Crippen LogP contribution in [0.1, 0.15) is 39.3 Å². The Kier molecular flexibility index (Phi) is 4.72. The standard InChI is InChI=1S/C15H26N2/c1-12(15(2,3)4)17(5)11-14(16)13-9-7-6-8-10-13/h6-10,12,14H,11,16H2,1-5H3. The van der Waals surface area contributed by atoms with Crippen LogP contribution in [0, 0.1) is 5.41 Å². The summed E-state index contributed by atoms with van der Waals surface area (Å²) in [5, 5.41) is 0. The van der Waals surface area contributed by atoms with Gasteiger partial charge in [0.1, 0.15) is 0 Å². The zero-order valence-corrected chi connectivity index (χ0v) is 11.8. The van der Waals surface area contributed by atoms with Crippen LogP contribution >= 0.6 is 0 Å². The third-order valence-electron chi connectivity index (χ3n) is 3.63. The molecule has 2 heteroatoms. The van der Waals surface area contributed by atoms with Gasteiger partial charge in [0.15, 0.2) is 0 Å². The van der Waals surface area contributed by atoms with Crippen molar-refractivity contribution >= 4 is 0 Å². The highest BCUT2D eigenvalue weighted by atomic mass is 15.1. The Morgan fingerprint density at radius 2 is 1.71 bits per heavy atom. The SMILES string of the molecule is CC(N(C)CC(N)c1ccccc1)C(C)(C)C. The van der Waals surface area contributed by atoms with E-state index in [1.54, 1.807) is 0 Å². The molecule has 0 aliphatic heterocycles. The predicted molar refractivity (Wildman–Crippen MR) is 74.9 cm³/mol. The summed E-state index contributed by atoms with van der Waals surface area (Å²) in [4.78, 5) is 2.34. The number of likely N-dealkylation sites (N-methyl/N-ethyl adjacent to an activating group) is 1. The van der Waals surface area contributed by atoms with Gasteiger partial charge in [-0.15, -0.1) is 0 Å². The zero-order valence-electron chi connectivity index (χ0n) is 11.8. The fourth-order valence-electron chi connectivity index (χ4n) is 1.94. The van der Waals surface area contributed by atoms with E-state index < -0.39 is 0 Å². The van der Waals surface area contributed by atoms with Crippen molar-refractivity contribution in [2.45, 2.75) is 39.8 Å². The maximum absolute atomic E-state index is 6.24. The van der Waals surface area contributed by atoms with Crippen molar-refractivity contribution in [1.82, 2.24) is 4.90 Å². The van der Waals surface area contributed by atoms with E-state index in [2.05, 4.69) is 51.8 Å². The van der Waals surface area contributed by atoms with Gasteiger partial charge in [-0.05, 0) is 24.9 Å². The molecule has 0 saturated heterocycles. The Bertz CT molecular complexity index is 327. The molecule has 96 valence electrons. The van der Waals surface area contributed by atoms with Crippen LogP contribution in [0.4, 0.5) is 0 Å². The summed E-state index contributed by atoms with van der Waals surface area (Å²) in [6, 6.07) is 10.9. The monoisotopic (exact) mass is 234 g/mol. The van der Waals surface area contributed by atoms with E-state index >= 15 is 0 Å². The van der Waals surface area contributed by atoms with Gasteiger partial charge in [0, 0.05) is 18.6 Å². The van der Waals surface area contributed by atoms with Gasteiger partial charge in [-0.2, -0.15) is 0 Å². The van der Waals surface area contributed by atoms with E-state index in [1.165, 1.54) is 5.56 Å². The summed E-state index contributed by atoms with van der Waals surface area (Å²) >= 11 is 0. The predicted octanol–water partition coefficient (Wildman–Crippen LogP) is 3.05. The van der Waals surface area contributed by atoms with Crippen molar-refractivity contribution in [3.8, 4) is 0 Å². The summed E-state index contributed by atoms with van der Waals surface area (Å²) < 4.78 is 0. The minimum Gasteiger partial charge on any atom is -0.323 e. The molecular weight excluding hydrogens is 208 g/mol. The van der Waals surface area contributed by atoms with Crippen LogP contribution in [0.15, 0.2) is 30.3 Å². The second-order valence-corrected chi connectivity index (χ2v) is 6.00. The molecule has 0 radical (unpaired) electrons. The summed E-state index contributed by atoms with van der Waals surface area (Å²) in [5.41, 5.74) is 7.73. The Balaban J connectivity index is 2.60. The van der Waals surface area contributed by atoms with Gasteiger partial charge in [-0.1, -0.05) is 51.1 Å². The molecule has 2 atom stereocenters. The Labute approximate surface area is 106 Å². The molecule has 0 aliphatic rings. The quantitative estimate of drug-likeness (QED) is 0.867. The number of nitrogens with two attached hydrogens (primary N) is 1. The van der Waals surface area contributed by atoms with Crippen LogP contribution in [-0.4, -0.2) is 24.5 Å². The third-order valence-corrected chi connectivity index (χ3v) is 3.63. The first-order chi connectivity index (χ1) is 7.82. The first-order valence-electron chi connectivity index (χ1n) is 6.33. The van der Waals surface area contributed by atoms with Crippen molar-refractivity contribution in [3.63, 3.8) is 0 Å². The highest BCUT2D eigenvalue weighted by molar-refractivity contribution is 5.18. The molecule has 2 nitrogen and oxygen atoms in total. The van der Waals surface area contributed by atoms with Gasteiger partial charge in [-0.3, -0.25) is 0 Å². The molecule has 1 rings (SSSR count). The number of benzene rings is 1. The van der Waals surface area contributed by atoms with Gasteiger partial charge >= 0.3 is 0 Å². The van der Waals surface area contributed by atoms with E-state index in [0.29, 0.717) is 6.04 Å². The van der Waals surface area contributed by atoms with Crippen LogP contribution in [-0.2, 0) is 0 Å². The molecule has 1 aromatic rings. The smallest absolute Gasteiger partial charge is 0.0424 e. The number of hydrogen-bond donors (Lipinski definition) is 1. The number of nitrogens with zero attached hydrogens (tertiary/aromatic N) is 1. The molecule has 1 aromatic carbocycles. The fourth-order valence-corrected chi connectivity index (χ4v) is 1.94. The lowest BCUT2D eigenvalue weighted by atomic mass is 9.87. The molecule has 2 N–H and O–H groups in total. The van der Waals surface area contributed by atoms with Crippen molar-refractivity contribution < 1.29 is 0 Å². The molecule has 0 bridgehead atoms. The first kappa shape index (κ1) is 14.2. The van der Waals surface area contributed by atoms with Gasteiger partial charge in [-0.25, -0.2) is 0 Å². The topological polar surface area (TPSA) is 29.3 Å². The summed E-state index contributed by atoms with van der Waals surface area (Å²) in [7, 11) is 2.15. The Morgan fingerprint density at radius 3 is 2.18 bits per heavy atom. The maximum Gasteiger partial charge on any atom is 0.0424 e. The lowest BCUT2D eigenvalue weighted by molar-refractivity contribution is 0.134. The molecule has 0 amide bonds. The van der Waals surface area contributed by atoms with Crippen LogP contribution < -0.4 is 5.73 Å². The summed E-state index contributed by atoms with van der Waals surface area (Å²) in [6.07, 6.45) is 0. The van der Waals surface area contributed by atoms with E-state index in [1.807, 2.05) is 18.2 Å². The van der Waals surface area contributed by atoms with E-state index in [4.69, 9.17) is 5.73 Å².